The van der Waals surface area contributed by atoms with Gasteiger partial charge in [0.1, 0.15) is 6.04 Å². The van der Waals surface area contributed by atoms with Crippen molar-refractivity contribution in [2.45, 2.75) is 26.8 Å². The first kappa shape index (κ1) is 18.7. The maximum Gasteiger partial charge on any atom is 0.329 e. The Hall–Kier alpha value is -2.35. The SMILES string of the molecule is COC(=O)C(C)NC(=O)NS(=O)(=O)/C(C)=C(\C)c1ccccc1. The number of benzene rings is 1. The Bertz CT molecular complexity index is 711. The van der Waals surface area contributed by atoms with Crippen molar-refractivity contribution in [2.24, 2.45) is 0 Å². The predicted molar refractivity (Wildman–Crippen MR) is 86.8 cm³/mol. The minimum atomic E-state index is -4.02. The van der Waals surface area contributed by atoms with Crippen molar-refractivity contribution in [3.05, 3.63) is 40.8 Å². The summed E-state index contributed by atoms with van der Waals surface area (Å²) in [7, 11) is -2.85. The van der Waals surface area contributed by atoms with Crippen LogP contribution in [-0.4, -0.2) is 33.6 Å². The van der Waals surface area contributed by atoms with Gasteiger partial charge in [-0.15, -0.1) is 0 Å². The van der Waals surface area contributed by atoms with Gasteiger partial charge in [-0.2, -0.15) is 0 Å². The molecule has 0 aliphatic rings. The van der Waals surface area contributed by atoms with Gasteiger partial charge < -0.3 is 10.1 Å². The molecule has 0 aliphatic heterocycles. The number of carbonyl (C=O) groups excluding carboxylic acids is 2. The van der Waals surface area contributed by atoms with Gasteiger partial charge in [0.25, 0.3) is 10.0 Å². The molecule has 2 N–H and O–H groups in total. The number of hydrogen-bond donors (Lipinski definition) is 2. The second kappa shape index (κ2) is 7.77. The topological polar surface area (TPSA) is 102 Å². The number of hydrogen-bond acceptors (Lipinski definition) is 5. The van der Waals surface area contributed by atoms with Crippen LogP contribution in [0.1, 0.15) is 26.3 Å². The summed E-state index contributed by atoms with van der Waals surface area (Å²) in [6.45, 7) is 4.44. The monoisotopic (exact) mass is 340 g/mol. The third kappa shape index (κ3) is 5.10. The van der Waals surface area contributed by atoms with Crippen molar-refractivity contribution >= 4 is 27.6 Å². The number of methoxy groups -OCH3 is 1. The molecular formula is C15H20N2O5S. The molecule has 0 fully saturated rings. The minimum Gasteiger partial charge on any atom is -0.467 e. The molecule has 0 bridgehead atoms. The third-order valence-corrected chi connectivity index (χ3v) is 4.83. The van der Waals surface area contributed by atoms with Crippen molar-refractivity contribution in [2.75, 3.05) is 7.11 Å². The highest BCUT2D eigenvalue weighted by Gasteiger charge is 2.22. The summed E-state index contributed by atoms with van der Waals surface area (Å²) < 4.78 is 30.8. The zero-order chi connectivity index (χ0) is 17.6. The molecule has 0 heterocycles. The molecule has 1 rings (SSSR count). The Kier molecular flexibility index (Phi) is 6.32. The van der Waals surface area contributed by atoms with Gasteiger partial charge in [-0.05, 0) is 31.9 Å². The van der Waals surface area contributed by atoms with Gasteiger partial charge in [-0.25, -0.2) is 22.7 Å². The molecule has 7 nitrogen and oxygen atoms in total. The van der Waals surface area contributed by atoms with Gasteiger partial charge in [0.15, 0.2) is 0 Å². The Morgan fingerprint density at radius 3 is 2.22 bits per heavy atom. The molecule has 1 unspecified atom stereocenters. The standard InChI is InChI=1S/C15H20N2O5S/c1-10(13-8-6-5-7-9-13)12(3)23(20,21)17-15(19)16-11(2)14(18)22-4/h5-9,11H,1-4H3,(H2,16,17,19)/b12-10+. The molecule has 0 spiro atoms. The maximum absolute atomic E-state index is 12.2. The molecule has 0 radical (unpaired) electrons. The molecule has 1 aromatic carbocycles. The largest absolute Gasteiger partial charge is 0.467 e. The first-order chi connectivity index (χ1) is 10.7. The number of amides is 2. The van der Waals surface area contributed by atoms with E-state index in [0.29, 0.717) is 5.57 Å². The van der Waals surface area contributed by atoms with Crippen LogP contribution >= 0.6 is 0 Å². The number of urea groups is 1. The molecule has 126 valence electrons. The van der Waals surface area contributed by atoms with E-state index in [1.54, 1.807) is 31.2 Å². The van der Waals surface area contributed by atoms with Gasteiger partial charge in [0.05, 0.1) is 12.0 Å². The Balaban J connectivity index is 2.90. The second-order valence-corrected chi connectivity index (χ2v) is 6.69. The fourth-order valence-electron chi connectivity index (χ4n) is 1.75. The highest BCUT2D eigenvalue weighted by atomic mass is 32.2. The van der Waals surface area contributed by atoms with Crippen LogP contribution in [0.2, 0.25) is 0 Å². The van der Waals surface area contributed by atoms with E-state index in [1.807, 2.05) is 10.8 Å². The number of nitrogens with one attached hydrogen (secondary N) is 2. The summed E-state index contributed by atoms with van der Waals surface area (Å²) in [6, 6.07) is 6.98. The maximum atomic E-state index is 12.2. The molecule has 23 heavy (non-hydrogen) atoms. The number of carbonyl (C=O) groups is 2. The van der Waals surface area contributed by atoms with E-state index in [-0.39, 0.29) is 4.91 Å². The molecule has 0 saturated carbocycles. The highest BCUT2D eigenvalue weighted by Crippen LogP contribution is 2.20. The summed E-state index contributed by atoms with van der Waals surface area (Å²) in [5.41, 5.74) is 1.26. The first-order valence-electron chi connectivity index (χ1n) is 6.83. The molecule has 0 aliphatic carbocycles. The highest BCUT2D eigenvalue weighted by molar-refractivity contribution is 7.94. The van der Waals surface area contributed by atoms with Crippen LogP contribution in [0.15, 0.2) is 35.2 Å². The molecule has 0 aromatic heterocycles. The van der Waals surface area contributed by atoms with E-state index in [2.05, 4.69) is 10.1 Å². The molecule has 0 saturated heterocycles. The zero-order valence-corrected chi connectivity index (χ0v) is 14.2. The van der Waals surface area contributed by atoms with Crippen LogP contribution in [0.25, 0.3) is 5.57 Å². The van der Waals surface area contributed by atoms with E-state index in [1.165, 1.54) is 21.0 Å². The van der Waals surface area contributed by atoms with Crippen LogP contribution < -0.4 is 10.0 Å². The van der Waals surface area contributed by atoms with Crippen molar-refractivity contribution in [3.63, 3.8) is 0 Å². The number of esters is 1. The van der Waals surface area contributed by atoms with Crippen molar-refractivity contribution in [3.8, 4) is 0 Å². The molecule has 1 atom stereocenters. The van der Waals surface area contributed by atoms with Crippen LogP contribution in [0.5, 0.6) is 0 Å². The molecule has 8 heteroatoms. The van der Waals surface area contributed by atoms with E-state index in [4.69, 9.17) is 0 Å². The average Bonchev–Trinajstić information content (AvgIpc) is 2.52. The smallest absolute Gasteiger partial charge is 0.329 e. The van der Waals surface area contributed by atoms with Crippen molar-refractivity contribution in [1.82, 2.24) is 10.0 Å². The van der Waals surface area contributed by atoms with Crippen molar-refractivity contribution in [1.29, 1.82) is 0 Å². The van der Waals surface area contributed by atoms with Gasteiger partial charge in [-0.1, -0.05) is 30.3 Å². The second-order valence-electron chi connectivity index (χ2n) is 4.87. The summed E-state index contributed by atoms with van der Waals surface area (Å²) in [5.74, 6) is -0.676. The minimum absolute atomic E-state index is 0.0181. The molecule has 1 aromatic rings. The lowest BCUT2D eigenvalue weighted by Gasteiger charge is -2.14. The quantitative estimate of drug-likeness (QED) is 0.793. The van der Waals surface area contributed by atoms with Crippen LogP contribution in [0.4, 0.5) is 4.79 Å². The fraction of sp³-hybridized carbons (Fsp3) is 0.333. The summed E-state index contributed by atoms with van der Waals surface area (Å²) in [4.78, 5) is 23.0. The number of sulfonamides is 1. The summed E-state index contributed by atoms with van der Waals surface area (Å²) >= 11 is 0. The predicted octanol–water partition coefficient (Wildman–Crippen LogP) is 1.63. The van der Waals surface area contributed by atoms with Gasteiger partial charge in [0, 0.05) is 0 Å². The average molecular weight is 340 g/mol. The molecular weight excluding hydrogens is 320 g/mol. The summed E-state index contributed by atoms with van der Waals surface area (Å²) in [5, 5.41) is 2.19. The number of rotatable bonds is 5. The van der Waals surface area contributed by atoms with Crippen molar-refractivity contribution < 1.29 is 22.7 Å². The van der Waals surface area contributed by atoms with Gasteiger partial charge >= 0.3 is 12.0 Å². The van der Waals surface area contributed by atoms with E-state index in [0.717, 1.165) is 5.56 Å². The lowest BCUT2D eigenvalue weighted by molar-refractivity contribution is -0.142. The first-order valence-corrected chi connectivity index (χ1v) is 8.31. The van der Waals surface area contributed by atoms with Crippen LogP contribution in [0.3, 0.4) is 0 Å². The fourth-order valence-corrected chi connectivity index (χ4v) is 2.73. The lowest BCUT2D eigenvalue weighted by Crippen LogP contribution is -2.46. The normalized spacial score (nSPS) is 13.6. The molecule has 2 amide bonds. The number of allylic oxidation sites excluding steroid dienone is 2. The zero-order valence-electron chi connectivity index (χ0n) is 13.4. The van der Waals surface area contributed by atoms with E-state index >= 15 is 0 Å². The van der Waals surface area contributed by atoms with E-state index in [9.17, 15) is 18.0 Å². The van der Waals surface area contributed by atoms with Gasteiger partial charge in [0.2, 0.25) is 0 Å². The van der Waals surface area contributed by atoms with E-state index < -0.39 is 28.1 Å². The van der Waals surface area contributed by atoms with Gasteiger partial charge in [-0.3, -0.25) is 0 Å². The Morgan fingerprint density at radius 2 is 1.70 bits per heavy atom. The van der Waals surface area contributed by atoms with Crippen LogP contribution in [-0.2, 0) is 19.6 Å². The Morgan fingerprint density at radius 1 is 1.13 bits per heavy atom. The van der Waals surface area contributed by atoms with Crippen LogP contribution in [0, 0.1) is 0 Å². The third-order valence-electron chi connectivity index (χ3n) is 3.27. The lowest BCUT2D eigenvalue weighted by atomic mass is 10.1. The Labute approximate surface area is 135 Å². The summed E-state index contributed by atoms with van der Waals surface area (Å²) in [6.07, 6.45) is 0. The number of ether oxygens (including phenoxy) is 1.